The number of hydrazone groups is 1. The Labute approximate surface area is 79.6 Å². The third-order valence-electron chi connectivity index (χ3n) is 1.51. The number of hydrogen-bond acceptors (Lipinski definition) is 2. The molecular formula is C9H19N3O. The number of hydrogen-bond donors (Lipinski definition) is 2. The van der Waals surface area contributed by atoms with E-state index in [1.54, 1.807) is 0 Å². The third-order valence-corrected chi connectivity index (χ3v) is 1.51. The zero-order valence-electron chi connectivity index (χ0n) is 8.63. The second kappa shape index (κ2) is 6.46. The zero-order valence-corrected chi connectivity index (χ0v) is 8.63. The molecule has 2 amide bonds. The summed E-state index contributed by atoms with van der Waals surface area (Å²) >= 11 is 0. The van der Waals surface area contributed by atoms with Gasteiger partial charge in [0.1, 0.15) is 0 Å². The van der Waals surface area contributed by atoms with Crippen molar-refractivity contribution in [1.29, 1.82) is 0 Å². The first-order valence-electron chi connectivity index (χ1n) is 4.67. The Morgan fingerprint density at radius 1 is 1.54 bits per heavy atom. The van der Waals surface area contributed by atoms with E-state index >= 15 is 0 Å². The molecule has 0 fully saturated rings. The van der Waals surface area contributed by atoms with E-state index in [1.807, 2.05) is 0 Å². The fourth-order valence-corrected chi connectivity index (χ4v) is 1.10. The maximum Gasteiger partial charge on any atom is 0.332 e. The van der Waals surface area contributed by atoms with Crippen LogP contribution in [0.4, 0.5) is 4.79 Å². The first-order valence-corrected chi connectivity index (χ1v) is 4.67. The van der Waals surface area contributed by atoms with Crippen molar-refractivity contribution in [1.82, 2.24) is 5.43 Å². The number of carbonyl (C=O) groups excluding carboxylic acids is 1. The molecule has 0 rings (SSSR count). The van der Waals surface area contributed by atoms with Crippen LogP contribution in [0.2, 0.25) is 0 Å². The summed E-state index contributed by atoms with van der Waals surface area (Å²) in [5, 5.41) is 3.95. The highest BCUT2D eigenvalue weighted by molar-refractivity contribution is 5.85. The van der Waals surface area contributed by atoms with Crippen LogP contribution in [0.15, 0.2) is 5.10 Å². The van der Waals surface area contributed by atoms with Gasteiger partial charge in [-0.25, -0.2) is 10.2 Å². The topological polar surface area (TPSA) is 67.5 Å². The molecule has 13 heavy (non-hydrogen) atoms. The Bertz CT molecular complexity index is 187. The van der Waals surface area contributed by atoms with E-state index < -0.39 is 6.03 Å². The molecule has 0 aliphatic carbocycles. The molecule has 0 unspecified atom stereocenters. The van der Waals surface area contributed by atoms with Gasteiger partial charge in [0.25, 0.3) is 0 Å². The second-order valence-corrected chi connectivity index (χ2v) is 3.50. The highest BCUT2D eigenvalue weighted by atomic mass is 16.2. The van der Waals surface area contributed by atoms with Gasteiger partial charge in [-0.3, -0.25) is 0 Å². The minimum atomic E-state index is -0.600. The van der Waals surface area contributed by atoms with Crippen LogP contribution in [0.1, 0.15) is 40.0 Å². The normalized spacial score (nSPS) is 11.8. The van der Waals surface area contributed by atoms with Gasteiger partial charge in [0.2, 0.25) is 0 Å². The Hall–Kier alpha value is -1.06. The number of urea groups is 1. The molecule has 0 spiro atoms. The van der Waals surface area contributed by atoms with E-state index in [4.69, 9.17) is 5.73 Å². The summed E-state index contributed by atoms with van der Waals surface area (Å²) in [6.07, 6.45) is 2.86. The predicted molar refractivity (Wildman–Crippen MR) is 54.5 cm³/mol. The molecule has 0 aliphatic rings. The number of nitrogens with two attached hydrogens (primary N) is 1. The van der Waals surface area contributed by atoms with Gasteiger partial charge >= 0.3 is 6.03 Å². The maximum absolute atomic E-state index is 10.4. The van der Waals surface area contributed by atoms with E-state index in [2.05, 4.69) is 31.3 Å². The lowest BCUT2D eigenvalue weighted by molar-refractivity contribution is 0.249. The third kappa shape index (κ3) is 7.31. The summed E-state index contributed by atoms with van der Waals surface area (Å²) in [5.74, 6) is 0.556. The van der Waals surface area contributed by atoms with E-state index in [-0.39, 0.29) is 0 Å². The highest BCUT2D eigenvalue weighted by Crippen LogP contribution is 2.05. The Morgan fingerprint density at radius 3 is 2.54 bits per heavy atom. The first-order chi connectivity index (χ1) is 6.06. The van der Waals surface area contributed by atoms with E-state index in [0.717, 1.165) is 25.0 Å². The van der Waals surface area contributed by atoms with E-state index in [1.165, 1.54) is 0 Å². The largest absolute Gasteiger partial charge is 0.350 e. The molecule has 0 aromatic heterocycles. The number of nitrogens with zero attached hydrogens (tertiary/aromatic N) is 1. The Morgan fingerprint density at radius 2 is 2.15 bits per heavy atom. The molecule has 0 radical (unpaired) electrons. The maximum atomic E-state index is 10.4. The quantitative estimate of drug-likeness (QED) is 0.498. The molecule has 0 aliphatic heterocycles. The van der Waals surface area contributed by atoms with Crippen molar-refractivity contribution >= 4 is 11.7 Å². The SMILES string of the molecule is CCC/C(CC(C)C)=N\NC(N)=O. The van der Waals surface area contributed by atoms with Crippen molar-refractivity contribution in [3.05, 3.63) is 0 Å². The number of amides is 2. The van der Waals surface area contributed by atoms with Gasteiger partial charge in [0.05, 0.1) is 0 Å². The van der Waals surface area contributed by atoms with Crippen LogP contribution >= 0.6 is 0 Å². The van der Waals surface area contributed by atoms with Gasteiger partial charge in [0, 0.05) is 5.71 Å². The summed E-state index contributed by atoms with van der Waals surface area (Å²) in [4.78, 5) is 10.4. The average Bonchev–Trinajstić information content (AvgIpc) is 1.99. The van der Waals surface area contributed by atoms with Gasteiger partial charge in [-0.15, -0.1) is 0 Å². The molecule has 4 heteroatoms. The molecule has 4 nitrogen and oxygen atoms in total. The lowest BCUT2D eigenvalue weighted by atomic mass is 10.0. The van der Waals surface area contributed by atoms with Crippen molar-refractivity contribution < 1.29 is 4.79 Å². The van der Waals surface area contributed by atoms with Crippen LogP contribution in [-0.4, -0.2) is 11.7 Å². The first kappa shape index (κ1) is 11.9. The smallest absolute Gasteiger partial charge is 0.332 e. The molecule has 0 heterocycles. The highest BCUT2D eigenvalue weighted by Gasteiger charge is 2.02. The summed E-state index contributed by atoms with van der Waals surface area (Å²) in [6.45, 7) is 6.32. The van der Waals surface area contributed by atoms with Crippen LogP contribution in [-0.2, 0) is 0 Å². The van der Waals surface area contributed by atoms with Gasteiger partial charge in [0.15, 0.2) is 0 Å². The van der Waals surface area contributed by atoms with E-state index in [9.17, 15) is 4.79 Å². The van der Waals surface area contributed by atoms with Crippen LogP contribution in [0, 0.1) is 5.92 Å². The van der Waals surface area contributed by atoms with Crippen molar-refractivity contribution in [2.24, 2.45) is 16.8 Å². The molecule has 0 bridgehead atoms. The number of carbonyl (C=O) groups is 1. The standard InChI is InChI=1S/C9H19N3O/c1-4-5-8(6-7(2)3)11-12-9(10)13/h7H,4-6H2,1-3H3,(H3,10,12,13)/b11-8+. The van der Waals surface area contributed by atoms with Crippen molar-refractivity contribution in [3.8, 4) is 0 Å². The minimum Gasteiger partial charge on any atom is -0.350 e. The minimum absolute atomic E-state index is 0.556. The number of primary amides is 1. The molecule has 76 valence electrons. The van der Waals surface area contributed by atoms with Crippen LogP contribution in [0.5, 0.6) is 0 Å². The van der Waals surface area contributed by atoms with Crippen molar-refractivity contribution in [3.63, 3.8) is 0 Å². The lowest BCUT2D eigenvalue weighted by Gasteiger charge is -2.07. The second-order valence-electron chi connectivity index (χ2n) is 3.50. The monoisotopic (exact) mass is 185 g/mol. The Kier molecular flexibility index (Phi) is 5.93. The average molecular weight is 185 g/mol. The summed E-state index contributed by atoms with van der Waals surface area (Å²) < 4.78 is 0. The Balaban J connectivity index is 4.05. The fraction of sp³-hybridized carbons (Fsp3) is 0.778. The molecular weight excluding hydrogens is 166 g/mol. The fourth-order valence-electron chi connectivity index (χ4n) is 1.10. The molecule has 0 aromatic rings. The number of nitrogens with one attached hydrogen (secondary N) is 1. The van der Waals surface area contributed by atoms with Crippen molar-refractivity contribution in [2.45, 2.75) is 40.0 Å². The molecule has 0 saturated carbocycles. The van der Waals surface area contributed by atoms with Crippen LogP contribution in [0.3, 0.4) is 0 Å². The zero-order chi connectivity index (χ0) is 10.3. The molecule has 0 saturated heterocycles. The summed E-state index contributed by atoms with van der Waals surface area (Å²) in [7, 11) is 0. The van der Waals surface area contributed by atoms with Gasteiger partial charge in [-0.05, 0) is 18.8 Å². The number of rotatable bonds is 5. The van der Waals surface area contributed by atoms with E-state index in [0.29, 0.717) is 5.92 Å². The van der Waals surface area contributed by atoms with Gasteiger partial charge in [-0.1, -0.05) is 27.2 Å². The predicted octanol–water partition coefficient (Wildman–Crippen LogP) is 1.86. The van der Waals surface area contributed by atoms with Gasteiger partial charge in [-0.2, -0.15) is 5.10 Å². The summed E-state index contributed by atoms with van der Waals surface area (Å²) in [5.41, 5.74) is 8.18. The molecule has 3 N–H and O–H groups in total. The molecule has 0 atom stereocenters. The van der Waals surface area contributed by atoms with Gasteiger partial charge < -0.3 is 5.73 Å². The summed E-state index contributed by atoms with van der Waals surface area (Å²) in [6, 6.07) is -0.600. The van der Waals surface area contributed by atoms with Crippen LogP contribution in [0.25, 0.3) is 0 Å². The van der Waals surface area contributed by atoms with Crippen molar-refractivity contribution in [2.75, 3.05) is 0 Å². The lowest BCUT2D eigenvalue weighted by Crippen LogP contribution is -2.26. The van der Waals surface area contributed by atoms with Crippen LogP contribution < -0.4 is 11.2 Å². The molecule has 0 aromatic carbocycles.